The van der Waals surface area contributed by atoms with E-state index in [9.17, 15) is 9.90 Å². The maximum absolute atomic E-state index is 12.8. The Labute approximate surface area is 142 Å². The molecule has 6 heteroatoms. The van der Waals surface area contributed by atoms with Crippen molar-refractivity contribution in [1.82, 2.24) is 5.01 Å². The lowest BCUT2D eigenvalue weighted by molar-refractivity contribution is 0.0677. The summed E-state index contributed by atoms with van der Waals surface area (Å²) in [6.07, 6.45) is 2.01. The smallest absolute Gasteiger partial charge is 0.310 e. The molecule has 1 aliphatic heterocycles. The van der Waals surface area contributed by atoms with Crippen LogP contribution in [0.2, 0.25) is 0 Å². The molecule has 4 rings (SSSR count). The van der Waals surface area contributed by atoms with Crippen LogP contribution in [0.3, 0.4) is 0 Å². The topological polar surface area (TPSA) is 66.0 Å². The highest BCUT2D eigenvalue weighted by atomic mass is 32.1. The Hall–Kier alpha value is -2.86. The molecule has 3 aromatic rings. The van der Waals surface area contributed by atoms with Gasteiger partial charge in [-0.05, 0) is 29.6 Å². The Morgan fingerprint density at radius 3 is 2.79 bits per heavy atom. The van der Waals surface area contributed by atoms with Crippen molar-refractivity contribution in [3.8, 4) is 5.75 Å². The van der Waals surface area contributed by atoms with Gasteiger partial charge in [-0.15, -0.1) is 11.3 Å². The number of benzene rings is 1. The second kappa shape index (κ2) is 5.98. The molecule has 0 fully saturated rings. The van der Waals surface area contributed by atoms with Crippen molar-refractivity contribution >= 4 is 23.0 Å². The van der Waals surface area contributed by atoms with Gasteiger partial charge in [0, 0.05) is 12.0 Å². The summed E-state index contributed by atoms with van der Waals surface area (Å²) in [5.41, 5.74) is 1.51. The van der Waals surface area contributed by atoms with Gasteiger partial charge in [0.15, 0.2) is 5.76 Å². The Balaban J connectivity index is 1.75. The maximum Gasteiger partial charge on any atom is 0.310 e. The van der Waals surface area contributed by atoms with Crippen molar-refractivity contribution in [2.75, 3.05) is 0 Å². The fourth-order valence-corrected chi connectivity index (χ4v) is 3.53. The lowest BCUT2D eigenvalue weighted by atomic mass is 10.00. The van der Waals surface area contributed by atoms with Crippen molar-refractivity contribution in [2.45, 2.75) is 12.5 Å². The predicted molar refractivity (Wildman–Crippen MR) is 91.2 cm³/mol. The summed E-state index contributed by atoms with van der Waals surface area (Å²) in [5, 5.41) is 18.1. The van der Waals surface area contributed by atoms with Crippen LogP contribution in [0.4, 0.5) is 0 Å². The fraction of sp³-hybridized carbons (Fsp3) is 0.111. The number of thiophene rings is 1. The molecular formula is C18H14N2O3S. The van der Waals surface area contributed by atoms with Crippen molar-refractivity contribution in [3.05, 3.63) is 76.4 Å². The van der Waals surface area contributed by atoms with Gasteiger partial charge in [0.1, 0.15) is 5.75 Å². The number of carbonyl (C=O) groups excluding carboxylic acids is 1. The van der Waals surface area contributed by atoms with E-state index >= 15 is 0 Å². The zero-order valence-corrected chi connectivity index (χ0v) is 13.4. The SMILES string of the molecule is O=C(c1ccco1)N1N=C(c2cccs2)C[C@@H]1c1ccccc1O. The monoisotopic (exact) mass is 338 g/mol. The van der Waals surface area contributed by atoms with Gasteiger partial charge < -0.3 is 9.52 Å². The second-order valence-corrected chi connectivity index (χ2v) is 6.38. The first kappa shape index (κ1) is 14.7. The van der Waals surface area contributed by atoms with Crippen molar-refractivity contribution in [3.63, 3.8) is 0 Å². The van der Waals surface area contributed by atoms with Crippen LogP contribution in [0.1, 0.15) is 33.5 Å². The first-order chi connectivity index (χ1) is 11.7. The number of aromatic hydroxyl groups is 1. The van der Waals surface area contributed by atoms with Crippen molar-refractivity contribution < 1.29 is 14.3 Å². The summed E-state index contributed by atoms with van der Waals surface area (Å²) in [6.45, 7) is 0. The molecule has 0 saturated heterocycles. The van der Waals surface area contributed by atoms with Crippen LogP contribution in [0.15, 0.2) is 69.7 Å². The number of carbonyl (C=O) groups is 1. The summed E-state index contributed by atoms with van der Waals surface area (Å²) in [7, 11) is 0. The molecule has 5 nitrogen and oxygen atoms in total. The second-order valence-electron chi connectivity index (χ2n) is 5.43. The predicted octanol–water partition coefficient (Wildman–Crippen LogP) is 4.04. The van der Waals surface area contributed by atoms with E-state index in [1.54, 1.807) is 35.6 Å². The number of hydrogen-bond acceptors (Lipinski definition) is 5. The molecule has 0 radical (unpaired) electrons. The van der Waals surface area contributed by atoms with E-state index in [4.69, 9.17) is 4.42 Å². The standard InChI is InChI=1S/C18H14N2O3S/c21-15-6-2-1-5-12(15)14-11-13(17-8-4-10-24-17)19-20(14)18(22)16-7-3-9-23-16/h1-10,14,21H,11H2/t14-/m1/s1. The lowest BCUT2D eigenvalue weighted by Gasteiger charge is -2.21. The Bertz CT molecular complexity index is 885. The van der Waals surface area contributed by atoms with Crippen LogP contribution in [-0.2, 0) is 0 Å². The largest absolute Gasteiger partial charge is 0.508 e. The van der Waals surface area contributed by atoms with E-state index in [1.807, 2.05) is 29.6 Å². The zero-order chi connectivity index (χ0) is 16.5. The Morgan fingerprint density at radius 2 is 2.08 bits per heavy atom. The maximum atomic E-state index is 12.8. The molecule has 1 aliphatic rings. The number of hydrazone groups is 1. The normalized spacial score (nSPS) is 17.1. The third-order valence-corrected chi connectivity index (χ3v) is 4.87. The van der Waals surface area contributed by atoms with Gasteiger partial charge in [0.25, 0.3) is 0 Å². The van der Waals surface area contributed by atoms with E-state index in [1.165, 1.54) is 11.3 Å². The Morgan fingerprint density at radius 1 is 1.21 bits per heavy atom. The molecule has 0 spiro atoms. The molecule has 3 heterocycles. The highest BCUT2D eigenvalue weighted by Gasteiger charge is 2.36. The van der Waals surface area contributed by atoms with E-state index in [0.29, 0.717) is 12.0 Å². The molecule has 120 valence electrons. The number of phenols is 1. The van der Waals surface area contributed by atoms with Crippen LogP contribution in [0.25, 0.3) is 0 Å². The van der Waals surface area contributed by atoms with Crippen molar-refractivity contribution in [2.24, 2.45) is 5.10 Å². The third kappa shape index (κ3) is 2.51. The molecule has 2 aromatic heterocycles. The number of para-hydroxylation sites is 1. The number of phenolic OH excluding ortho intramolecular Hbond substituents is 1. The molecule has 1 N–H and O–H groups in total. The number of hydrogen-bond donors (Lipinski definition) is 1. The van der Waals surface area contributed by atoms with E-state index in [0.717, 1.165) is 10.6 Å². The molecule has 0 saturated carbocycles. The molecule has 1 atom stereocenters. The lowest BCUT2D eigenvalue weighted by Crippen LogP contribution is -2.26. The van der Waals surface area contributed by atoms with Crippen LogP contribution < -0.4 is 0 Å². The molecular weight excluding hydrogens is 324 g/mol. The quantitative estimate of drug-likeness (QED) is 0.784. The van der Waals surface area contributed by atoms with Crippen LogP contribution in [0, 0.1) is 0 Å². The fourth-order valence-electron chi connectivity index (χ4n) is 2.81. The molecule has 0 unspecified atom stereocenters. The molecule has 1 aromatic carbocycles. The van der Waals surface area contributed by atoms with Gasteiger partial charge >= 0.3 is 5.91 Å². The minimum absolute atomic E-state index is 0.155. The average Bonchev–Trinajstić information content (AvgIpc) is 3.34. The van der Waals surface area contributed by atoms with E-state index < -0.39 is 0 Å². The van der Waals surface area contributed by atoms with Crippen molar-refractivity contribution in [1.29, 1.82) is 0 Å². The number of furan rings is 1. The van der Waals surface area contributed by atoms with Gasteiger partial charge in [-0.3, -0.25) is 4.79 Å². The van der Waals surface area contributed by atoms with Gasteiger partial charge in [0.05, 0.1) is 22.9 Å². The number of rotatable bonds is 3. The van der Waals surface area contributed by atoms with Crippen LogP contribution in [0.5, 0.6) is 5.75 Å². The van der Waals surface area contributed by atoms with Gasteiger partial charge in [0.2, 0.25) is 0 Å². The number of amides is 1. The summed E-state index contributed by atoms with van der Waals surface area (Å²) in [4.78, 5) is 13.8. The van der Waals surface area contributed by atoms with Gasteiger partial charge in [-0.25, -0.2) is 5.01 Å². The summed E-state index contributed by atoms with van der Waals surface area (Å²) < 4.78 is 5.23. The highest BCUT2D eigenvalue weighted by Crippen LogP contribution is 2.38. The zero-order valence-electron chi connectivity index (χ0n) is 12.6. The van der Waals surface area contributed by atoms with Crippen LogP contribution in [-0.4, -0.2) is 21.7 Å². The summed E-state index contributed by atoms with van der Waals surface area (Å²) in [5.74, 6) is 0.0637. The number of nitrogens with zero attached hydrogens (tertiary/aromatic N) is 2. The molecule has 1 amide bonds. The summed E-state index contributed by atoms with van der Waals surface area (Å²) >= 11 is 1.58. The van der Waals surface area contributed by atoms with Crippen LogP contribution >= 0.6 is 11.3 Å². The molecule has 0 aliphatic carbocycles. The first-order valence-corrected chi connectivity index (χ1v) is 8.38. The van der Waals surface area contributed by atoms with E-state index in [2.05, 4.69) is 5.10 Å². The van der Waals surface area contributed by atoms with Gasteiger partial charge in [-0.2, -0.15) is 5.10 Å². The van der Waals surface area contributed by atoms with Gasteiger partial charge in [-0.1, -0.05) is 24.3 Å². The molecule has 0 bridgehead atoms. The minimum Gasteiger partial charge on any atom is -0.508 e. The third-order valence-electron chi connectivity index (χ3n) is 3.95. The molecule has 24 heavy (non-hydrogen) atoms. The minimum atomic E-state index is -0.360. The average molecular weight is 338 g/mol. The first-order valence-electron chi connectivity index (χ1n) is 7.50. The van der Waals surface area contributed by atoms with E-state index in [-0.39, 0.29) is 23.5 Å². The summed E-state index contributed by atoms with van der Waals surface area (Å²) in [6, 6.07) is 13.9. The Kier molecular flexibility index (Phi) is 3.66. The highest BCUT2D eigenvalue weighted by molar-refractivity contribution is 7.12.